The van der Waals surface area contributed by atoms with Gasteiger partial charge in [-0.05, 0) is 17.5 Å². The molecule has 1 rings (SSSR count). The van der Waals surface area contributed by atoms with Gasteiger partial charge in [0.25, 0.3) is 5.91 Å². The number of hydrogen-bond donors (Lipinski definition) is 2. The van der Waals surface area contributed by atoms with Crippen LogP contribution < -0.4 is 11.1 Å². The van der Waals surface area contributed by atoms with Crippen LogP contribution in [0, 0.1) is 11.3 Å². The van der Waals surface area contributed by atoms with Crippen molar-refractivity contribution >= 4 is 29.4 Å². The molecule has 15 heavy (non-hydrogen) atoms. The first-order chi connectivity index (χ1) is 7.13. The van der Waals surface area contributed by atoms with E-state index in [2.05, 4.69) is 0 Å². The molecule has 0 aliphatic rings. The van der Waals surface area contributed by atoms with E-state index in [4.69, 9.17) is 11.0 Å². The van der Waals surface area contributed by atoms with E-state index in [1.807, 2.05) is 10.7 Å². The van der Waals surface area contributed by atoms with Gasteiger partial charge in [-0.15, -0.1) is 11.3 Å². The molecule has 0 aliphatic carbocycles. The number of hydrogen-bond acceptors (Lipinski definition) is 4. The molecular formula is C9H7N3O2S. The van der Waals surface area contributed by atoms with Crippen molar-refractivity contribution in [3.63, 3.8) is 0 Å². The molecule has 1 aromatic rings. The maximum Gasteiger partial charge on any atom is 0.319 e. The van der Waals surface area contributed by atoms with Crippen molar-refractivity contribution in [2.45, 2.75) is 0 Å². The lowest BCUT2D eigenvalue weighted by Gasteiger charge is -1.97. The summed E-state index contributed by atoms with van der Waals surface area (Å²) in [4.78, 5) is 22.4. The summed E-state index contributed by atoms with van der Waals surface area (Å²) in [5.74, 6) is -0.793. The molecule has 0 fully saturated rings. The predicted molar refractivity (Wildman–Crippen MR) is 55.6 cm³/mol. The number of amides is 3. The van der Waals surface area contributed by atoms with Crippen LogP contribution in [-0.4, -0.2) is 11.9 Å². The largest absolute Gasteiger partial charge is 0.351 e. The quantitative estimate of drug-likeness (QED) is 0.572. The van der Waals surface area contributed by atoms with Gasteiger partial charge < -0.3 is 5.73 Å². The van der Waals surface area contributed by atoms with Crippen LogP contribution in [0.4, 0.5) is 4.79 Å². The van der Waals surface area contributed by atoms with E-state index in [0.717, 1.165) is 4.88 Å². The van der Waals surface area contributed by atoms with Crippen LogP contribution in [0.1, 0.15) is 4.88 Å². The average molecular weight is 221 g/mol. The number of nitrogens with zero attached hydrogens (tertiary/aromatic N) is 1. The summed E-state index contributed by atoms with van der Waals surface area (Å²) in [5.41, 5.74) is 4.60. The fourth-order valence-electron chi connectivity index (χ4n) is 0.843. The topological polar surface area (TPSA) is 96.0 Å². The van der Waals surface area contributed by atoms with Gasteiger partial charge in [-0.25, -0.2) is 4.79 Å². The lowest BCUT2D eigenvalue weighted by atomic mass is 10.2. The third-order valence-electron chi connectivity index (χ3n) is 1.43. The summed E-state index contributed by atoms with van der Waals surface area (Å²) in [6, 6.07) is 4.25. The van der Waals surface area contributed by atoms with Crippen LogP contribution in [0.25, 0.3) is 6.08 Å². The van der Waals surface area contributed by atoms with E-state index < -0.39 is 11.9 Å². The molecule has 1 heterocycles. The van der Waals surface area contributed by atoms with Gasteiger partial charge in [0, 0.05) is 4.88 Å². The van der Waals surface area contributed by atoms with Crippen LogP contribution in [-0.2, 0) is 4.79 Å². The maximum absolute atomic E-state index is 11.2. The number of thiophene rings is 1. The van der Waals surface area contributed by atoms with E-state index in [0.29, 0.717) is 0 Å². The van der Waals surface area contributed by atoms with E-state index in [-0.39, 0.29) is 5.57 Å². The van der Waals surface area contributed by atoms with Crippen molar-refractivity contribution in [2.24, 2.45) is 5.73 Å². The van der Waals surface area contributed by atoms with Crippen LogP contribution in [0.3, 0.4) is 0 Å². The summed E-state index contributed by atoms with van der Waals surface area (Å²) >= 11 is 1.38. The molecule has 0 saturated carbocycles. The van der Waals surface area contributed by atoms with Gasteiger partial charge in [-0.3, -0.25) is 10.1 Å². The summed E-state index contributed by atoms with van der Waals surface area (Å²) in [7, 11) is 0. The Labute approximate surface area is 89.8 Å². The highest BCUT2D eigenvalue weighted by molar-refractivity contribution is 7.10. The highest BCUT2D eigenvalue weighted by atomic mass is 32.1. The highest BCUT2D eigenvalue weighted by Gasteiger charge is 2.10. The molecular weight excluding hydrogens is 214 g/mol. The number of primary amides is 1. The van der Waals surface area contributed by atoms with Crippen molar-refractivity contribution in [1.82, 2.24) is 5.32 Å². The van der Waals surface area contributed by atoms with Crippen molar-refractivity contribution in [3.05, 3.63) is 28.0 Å². The SMILES string of the molecule is N#C/C(=C/c1cccs1)C(=O)NC(N)=O. The van der Waals surface area contributed by atoms with E-state index in [9.17, 15) is 9.59 Å². The second-order valence-electron chi connectivity index (χ2n) is 2.50. The highest BCUT2D eigenvalue weighted by Crippen LogP contribution is 2.12. The van der Waals surface area contributed by atoms with Crippen molar-refractivity contribution < 1.29 is 9.59 Å². The summed E-state index contributed by atoms with van der Waals surface area (Å²) in [5, 5.41) is 12.3. The Morgan fingerprint density at radius 1 is 1.60 bits per heavy atom. The number of carbonyl (C=O) groups excluding carboxylic acids is 2. The molecule has 0 saturated heterocycles. The molecule has 0 bridgehead atoms. The number of imide groups is 1. The van der Waals surface area contributed by atoms with Crippen molar-refractivity contribution in [2.75, 3.05) is 0 Å². The lowest BCUT2D eigenvalue weighted by Crippen LogP contribution is -2.35. The molecule has 5 nitrogen and oxygen atoms in total. The second-order valence-corrected chi connectivity index (χ2v) is 3.48. The number of rotatable bonds is 2. The van der Waals surface area contributed by atoms with Crippen LogP contribution in [0.5, 0.6) is 0 Å². The van der Waals surface area contributed by atoms with Crippen LogP contribution in [0.15, 0.2) is 23.1 Å². The zero-order valence-electron chi connectivity index (χ0n) is 7.56. The van der Waals surface area contributed by atoms with Crippen molar-refractivity contribution in [1.29, 1.82) is 5.26 Å². The molecule has 0 aromatic carbocycles. The monoisotopic (exact) mass is 221 g/mol. The molecule has 0 radical (unpaired) electrons. The van der Waals surface area contributed by atoms with E-state index in [1.54, 1.807) is 18.2 Å². The normalized spacial score (nSPS) is 10.5. The fourth-order valence-corrected chi connectivity index (χ4v) is 1.50. The van der Waals surface area contributed by atoms with Gasteiger partial charge >= 0.3 is 6.03 Å². The summed E-state index contributed by atoms with van der Waals surface area (Å²) < 4.78 is 0. The molecule has 0 unspecified atom stereocenters. The fraction of sp³-hybridized carbons (Fsp3) is 0. The number of nitrogens with one attached hydrogen (secondary N) is 1. The summed E-state index contributed by atoms with van der Waals surface area (Å²) in [6.45, 7) is 0. The Balaban J connectivity index is 2.86. The smallest absolute Gasteiger partial charge is 0.319 e. The first-order valence-corrected chi connectivity index (χ1v) is 4.77. The molecule has 1 aromatic heterocycles. The standard InChI is InChI=1S/C9H7N3O2S/c10-5-6(8(13)12-9(11)14)4-7-2-1-3-15-7/h1-4H,(H3,11,12,13,14)/b6-4-. The molecule has 3 amide bonds. The number of nitriles is 1. The lowest BCUT2D eigenvalue weighted by molar-refractivity contribution is -0.115. The molecule has 0 atom stereocenters. The number of carbonyl (C=O) groups is 2. The molecule has 0 spiro atoms. The Bertz CT molecular complexity index is 442. The van der Waals surface area contributed by atoms with Crippen molar-refractivity contribution in [3.8, 4) is 6.07 Å². The minimum absolute atomic E-state index is 0.156. The van der Waals surface area contributed by atoms with Gasteiger partial charge in [0.05, 0.1) is 0 Å². The Hall–Kier alpha value is -2.13. The van der Waals surface area contributed by atoms with Gasteiger partial charge in [0.1, 0.15) is 11.6 Å². The van der Waals surface area contributed by atoms with Crippen LogP contribution >= 0.6 is 11.3 Å². The average Bonchev–Trinajstić information content (AvgIpc) is 2.65. The van der Waals surface area contributed by atoms with Gasteiger partial charge in [0.15, 0.2) is 0 Å². The first-order valence-electron chi connectivity index (χ1n) is 3.89. The maximum atomic E-state index is 11.2. The molecule has 0 aliphatic heterocycles. The molecule has 3 N–H and O–H groups in total. The second kappa shape index (κ2) is 4.93. The molecule has 6 heteroatoms. The Morgan fingerprint density at radius 3 is 2.80 bits per heavy atom. The minimum atomic E-state index is -0.979. The van der Waals surface area contributed by atoms with Gasteiger partial charge in [0.2, 0.25) is 0 Å². The predicted octanol–water partition coefficient (Wildman–Crippen LogP) is 0.850. The summed E-state index contributed by atoms with van der Waals surface area (Å²) in [6.07, 6.45) is 1.39. The molecule has 76 valence electrons. The Kier molecular flexibility index (Phi) is 3.60. The zero-order valence-corrected chi connectivity index (χ0v) is 8.38. The minimum Gasteiger partial charge on any atom is -0.351 e. The van der Waals surface area contributed by atoms with Gasteiger partial charge in [-0.1, -0.05) is 6.07 Å². The van der Waals surface area contributed by atoms with Gasteiger partial charge in [-0.2, -0.15) is 5.26 Å². The Morgan fingerprint density at radius 2 is 2.33 bits per heavy atom. The third-order valence-corrected chi connectivity index (χ3v) is 2.25. The van der Waals surface area contributed by atoms with E-state index >= 15 is 0 Å². The van der Waals surface area contributed by atoms with Crippen LogP contribution in [0.2, 0.25) is 0 Å². The third kappa shape index (κ3) is 3.25. The number of urea groups is 1. The number of nitrogens with two attached hydrogens (primary N) is 1. The zero-order chi connectivity index (χ0) is 11.3. The van der Waals surface area contributed by atoms with E-state index in [1.165, 1.54) is 17.4 Å². The first kappa shape index (κ1) is 10.9.